The van der Waals surface area contributed by atoms with Crippen LogP contribution in [0.3, 0.4) is 0 Å². The molecule has 0 aliphatic carbocycles. The summed E-state index contributed by atoms with van der Waals surface area (Å²) in [6.45, 7) is 7.20. The van der Waals surface area contributed by atoms with E-state index in [4.69, 9.17) is 9.63 Å². The molecule has 0 amide bonds. The van der Waals surface area contributed by atoms with E-state index < -0.39 is 5.97 Å². The van der Waals surface area contributed by atoms with Crippen molar-refractivity contribution < 1.29 is 14.4 Å². The molecule has 1 aromatic heterocycles. The minimum Gasteiger partial charge on any atom is -0.478 e. The van der Waals surface area contributed by atoms with Crippen molar-refractivity contribution >= 4 is 22.8 Å². The van der Waals surface area contributed by atoms with E-state index in [1.165, 1.54) is 0 Å². The fraction of sp³-hybridized carbons (Fsp3) is 0.263. The van der Waals surface area contributed by atoms with Gasteiger partial charge in [-0.1, -0.05) is 44.1 Å². The predicted molar refractivity (Wildman–Crippen MR) is 94.3 cm³/mol. The molecule has 0 radical (unpaired) electrons. The van der Waals surface area contributed by atoms with E-state index in [-0.39, 0.29) is 11.0 Å². The Morgan fingerprint density at radius 1 is 1.17 bits per heavy atom. The van der Waals surface area contributed by atoms with Crippen molar-refractivity contribution in [1.29, 1.82) is 0 Å². The topological polar surface area (TPSA) is 75.4 Å². The summed E-state index contributed by atoms with van der Waals surface area (Å²) in [5.74, 6) is -0.230. The number of hydrogen-bond donors (Lipinski definition) is 2. The van der Waals surface area contributed by atoms with Crippen LogP contribution in [0.5, 0.6) is 0 Å². The third kappa shape index (κ3) is 3.40. The highest BCUT2D eigenvalue weighted by Gasteiger charge is 2.14. The number of anilines is 1. The van der Waals surface area contributed by atoms with Crippen LogP contribution in [0.4, 0.5) is 5.82 Å². The van der Waals surface area contributed by atoms with E-state index in [0.717, 1.165) is 23.1 Å². The van der Waals surface area contributed by atoms with Crippen LogP contribution in [0.15, 0.2) is 47.0 Å². The highest BCUT2D eigenvalue weighted by molar-refractivity contribution is 5.93. The van der Waals surface area contributed by atoms with E-state index in [1.54, 1.807) is 18.2 Å². The highest BCUT2D eigenvalue weighted by atomic mass is 16.5. The van der Waals surface area contributed by atoms with Gasteiger partial charge < -0.3 is 14.9 Å². The van der Waals surface area contributed by atoms with Gasteiger partial charge in [0.15, 0.2) is 11.4 Å². The molecule has 124 valence electrons. The van der Waals surface area contributed by atoms with E-state index in [0.29, 0.717) is 11.4 Å². The summed E-state index contributed by atoms with van der Waals surface area (Å²) in [5.41, 5.74) is 2.86. The summed E-state index contributed by atoms with van der Waals surface area (Å²) in [7, 11) is 0. The van der Waals surface area contributed by atoms with E-state index in [2.05, 4.69) is 31.2 Å². The predicted octanol–water partition coefficient (Wildman–Crippen LogP) is 4.65. The Kier molecular flexibility index (Phi) is 4.01. The van der Waals surface area contributed by atoms with Crippen LogP contribution in [0.25, 0.3) is 22.1 Å². The molecule has 0 spiro atoms. The number of carboxylic acid groups (broad SMARTS) is 1. The number of carboxylic acids is 1. The number of carbonyl (C=O) groups is 1. The normalized spacial score (nSPS) is 11.6. The van der Waals surface area contributed by atoms with Gasteiger partial charge in [0.1, 0.15) is 0 Å². The van der Waals surface area contributed by atoms with Crippen LogP contribution in [0, 0.1) is 5.41 Å². The molecular formula is C19H20N2O3. The molecule has 0 aliphatic heterocycles. The zero-order valence-corrected chi connectivity index (χ0v) is 14.0. The molecular weight excluding hydrogens is 304 g/mol. The molecule has 5 nitrogen and oxygen atoms in total. The first-order valence-corrected chi connectivity index (χ1v) is 7.80. The Balaban J connectivity index is 1.98. The van der Waals surface area contributed by atoms with Gasteiger partial charge in [0, 0.05) is 6.54 Å². The molecule has 0 saturated carbocycles. The van der Waals surface area contributed by atoms with E-state index >= 15 is 0 Å². The summed E-state index contributed by atoms with van der Waals surface area (Å²) in [4.78, 5) is 11.2. The molecule has 0 saturated heterocycles. The van der Waals surface area contributed by atoms with Crippen molar-refractivity contribution in [1.82, 2.24) is 5.16 Å². The third-order valence-corrected chi connectivity index (χ3v) is 3.70. The van der Waals surface area contributed by atoms with Crippen molar-refractivity contribution in [3.05, 3.63) is 48.0 Å². The number of aromatic nitrogens is 1. The third-order valence-electron chi connectivity index (χ3n) is 3.70. The molecule has 1 heterocycles. The lowest BCUT2D eigenvalue weighted by Crippen LogP contribution is -2.19. The van der Waals surface area contributed by atoms with Gasteiger partial charge in [-0.2, -0.15) is 0 Å². The largest absolute Gasteiger partial charge is 0.478 e. The van der Waals surface area contributed by atoms with Gasteiger partial charge in [0.25, 0.3) is 0 Å². The van der Waals surface area contributed by atoms with Crippen LogP contribution in [-0.4, -0.2) is 22.8 Å². The number of aromatic carboxylic acids is 1. The maximum atomic E-state index is 11.2. The lowest BCUT2D eigenvalue weighted by molar-refractivity contribution is 0.0697. The van der Waals surface area contributed by atoms with Crippen molar-refractivity contribution in [3.63, 3.8) is 0 Å². The van der Waals surface area contributed by atoms with Crippen molar-refractivity contribution in [2.24, 2.45) is 5.41 Å². The Morgan fingerprint density at radius 3 is 2.62 bits per heavy atom. The summed E-state index contributed by atoms with van der Waals surface area (Å²) in [5, 5.41) is 17.5. The fourth-order valence-corrected chi connectivity index (χ4v) is 2.43. The first-order valence-electron chi connectivity index (χ1n) is 7.80. The summed E-state index contributed by atoms with van der Waals surface area (Å²) >= 11 is 0. The number of nitrogens with one attached hydrogen (secondary N) is 1. The summed E-state index contributed by atoms with van der Waals surface area (Å²) in [6.07, 6.45) is 0. The number of nitrogens with zero attached hydrogens (tertiary/aromatic N) is 1. The number of hydrogen-bond acceptors (Lipinski definition) is 4. The molecule has 2 aromatic carbocycles. The molecule has 0 unspecified atom stereocenters. The summed E-state index contributed by atoms with van der Waals surface area (Å²) < 4.78 is 5.36. The second kappa shape index (κ2) is 6.00. The van der Waals surface area contributed by atoms with Gasteiger partial charge in [-0.3, -0.25) is 0 Å². The molecule has 3 aromatic rings. The molecule has 0 atom stereocenters. The maximum Gasteiger partial charge on any atom is 0.335 e. The zero-order chi connectivity index (χ0) is 17.3. The number of fused-ring (bicyclic) bond motifs is 1. The lowest BCUT2D eigenvalue weighted by Gasteiger charge is -2.18. The SMILES string of the molecule is CC(C)(C)CNc1noc2ccc(-c3cccc(C(=O)O)c3)cc12. The number of rotatable bonds is 4. The minimum atomic E-state index is -0.935. The van der Waals surface area contributed by atoms with Gasteiger partial charge in [-0.25, -0.2) is 4.79 Å². The first-order chi connectivity index (χ1) is 11.3. The van der Waals surface area contributed by atoms with Gasteiger partial charge in [0.05, 0.1) is 10.9 Å². The van der Waals surface area contributed by atoms with Crippen LogP contribution in [-0.2, 0) is 0 Å². The van der Waals surface area contributed by atoms with E-state index in [1.807, 2.05) is 24.3 Å². The van der Waals surface area contributed by atoms with Gasteiger partial charge in [-0.05, 0) is 40.8 Å². The Morgan fingerprint density at radius 2 is 1.92 bits per heavy atom. The minimum absolute atomic E-state index is 0.124. The first kappa shape index (κ1) is 16.1. The molecule has 2 N–H and O–H groups in total. The fourth-order valence-electron chi connectivity index (χ4n) is 2.43. The Labute approximate surface area is 140 Å². The maximum absolute atomic E-state index is 11.2. The van der Waals surface area contributed by atoms with Crippen molar-refractivity contribution in [2.45, 2.75) is 20.8 Å². The zero-order valence-electron chi connectivity index (χ0n) is 14.0. The quantitative estimate of drug-likeness (QED) is 0.730. The molecule has 5 heteroatoms. The molecule has 0 bridgehead atoms. The monoisotopic (exact) mass is 324 g/mol. The van der Waals surface area contributed by atoms with Crippen LogP contribution >= 0.6 is 0 Å². The van der Waals surface area contributed by atoms with Gasteiger partial charge in [0.2, 0.25) is 0 Å². The second-order valence-electron chi connectivity index (χ2n) is 7.04. The molecule has 0 aliphatic rings. The smallest absolute Gasteiger partial charge is 0.335 e. The highest BCUT2D eigenvalue weighted by Crippen LogP contribution is 2.30. The van der Waals surface area contributed by atoms with Crippen LogP contribution in [0.2, 0.25) is 0 Å². The average Bonchev–Trinajstić information content (AvgIpc) is 2.94. The van der Waals surface area contributed by atoms with Gasteiger partial charge >= 0.3 is 5.97 Å². The second-order valence-corrected chi connectivity index (χ2v) is 7.04. The summed E-state index contributed by atoms with van der Waals surface area (Å²) in [6, 6.07) is 12.6. The molecule has 0 fully saturated rings. The lowest BCUT2D eigenvalue weighted by atomic mass is 9.97. The average molecular weight is 324 g/mol. The molecule has 3 rings (SSSR count). The Bertz CT molecular complexity index is 891. The standard InChI is InChI=1S/C19H20N2O3/c1-19(2,3)11-20-17-15-10-13(7-8-16(15)24-21-17)12-5-4-6-14(9-12)18(22)23/h4-10H,11H2,1-3H3,(H,20,21)(H,22,23). The Hall–Kier alpha value is -2.82. The van der Waals surface area contributed by atoms with E-state index in [9.17, 15) is 4.79 Å². The number of benzene rings is 2. The van der Waals surface area contributed by atoms with Crippen LogP contribution < -0.4 is 5.32 Å². The molecule has 24 heavy (non-hydrogen) atoms. The van der Waals surface area contributed by atoms with Crippen molar-refractivity contribution in [2.75, 3.05) is 11.9 Å². The van der Waals surface area contributed by atoms with Crippen LogP contribution in [0.1, 0.15) is 31.1 Å². The van der Waals surface area contributed by atoms with Gasteiger partial charge in [-0.15, -0.1) is 0 Å². The van der Waals surface area contributed by atoms with Crippen molar-refractivity contribution in [3.8, 4) is 11.1 Å².